The Morgan fingerprint density at radius 3 is 1.14 bits per heavy atom. The Labute approximate surface area is 372 Å². The minimum absolute atomic E-state index is 0.0216. The first-order valence-electron chi connectivity index (χ1n) is 19.9. The van der Waals surface area contributed by atoms with E-state index in [1.165, 1.54) is 25.1 Å². The van der Waals surface area contributed by atoms with Gasteiger partial charge in [-0.15, -0.1) is 0 Å². The number of methoxy groups -OCH3 is 1. The smallest absolute Gasteiger partial charge is 0.343 e. The summed E-state index contributed by atoms with van der Waals surface area (Å²) in [6.45, 7) is 12.3. The van der Waals surface area contributed by atoms with Gasteiger partial charge in [0.1, 0.15) is 23.0 Å². The first-order chi connectivity index (χ1) is 30.1. The van der Waals surface area contributed by atoms with E-state index in [-0.39, 0.29) is 28.8 Å². The Morgan fingerprint density at radius 1 is 0.406 bits per heavy atom. The van der Waals surface area contributed by atoms with Crippen molar-refractivity contribution in [3.63, 3.8) is 0 Å². The molecule has 6 aromatic carbocycles. The van der Waals surface area contributed by atoms with Gasteiger partial charge in [0.15, 0.2) is 5.78 Å². The van der Waals surface area contributed by atoms with E-state index in [0.717, 1.165) is 22.3 Å². The first-order valence-corrected chi connectivity index (χ1v) is 19.9. The third-order valence-corrected chi connectivity index (χ3v) is 9.04. The van der Waals surface area contributed by atoms with Crippen molar-refractivity contribution in [1.29, 1.82) is 0 Å². The highest BCUT2D eigenvalue weighted by atomic mass is 16.5. The van der Waals surface area contributed by atoms with Crippen LogP contribution in [0.4, 0.5) is 0 Å². The number of esters is 3. The van der Waals surface area contributed by atoms with E-state index in [9.17, 15) is 28.8 Å². The third-order valence-electron chi connectivity index (χ3n) is 9.04. The van der Waals surface area contributed by atoms with E-state index in [2.05, 4.69) is 0 Å². The van der Waals surface area contributed by atoms with E-state index >= 15 is 0 Å². The number of Topliss-reactive ketones (excluding diaryl/α,β-unsaturated/α-hetero) is 1. The summed E-state index contributed by atoms with van der Waals surface area (Å²) >= 11 is 0. The Bertz CT molecular complexity index is 2530. The third kappa shape index (κ3) is 14.7. The van der Waals surface area contributed by atoms with Crippen molar-refractivity contribution in [2.75, 3.05) is 7.11 Å². The average molecular weight is 867 g/mol. The van der Waals surface area contributed by atoms with Crippen molar-refractivity contribution in [3.8, 4) is 45.3 Å². The number of ether oxygens (including phenoxy) is 4. The molecule has 0 spiro atoms. The number of carbonyl (C=O) groups is 6. The van der Waals surface area contributed by atoms with Crippen molar-refractivity contribution in [3.05, 3.63) is 168 Å². The van der Waals surface area contributed by atoms with Crippen LogP contribution < -0.4 is 18.9 Å². The van der Waals surface area contributed by atoms with Crippen LogP contribution in [0.5, 0.6) is 23.0 Å². The molecule has 0 amide bonds. The molecule has 0 unspecified atom stereocenters. The second-order valence-electron chi connectivity index (χ2n) is 16.3. The number of ketones is 1. The maximum absolute atomic E-state index is 12.4. The molecule has 0 fully saturated rings. The van der Waals surface area contributed by atoms with Crippen molar-refractivity contribution in [1.82, 2.24) is 0 Å². The zero-order chi connectivity index (χ0) is 47.2. The summed E-state index contributed by atoms with van der Waals surface area (Å²) in [4.78, 5) is 68.8. The summed E-state index contributed by atoms with van der Waals surface area (Å²) in [6.07, 6.45) is 0. The molecule has 12 heteroatoms. The molecule has 0 aliphatic heterocycles. The molecular formula is C52H50O12. The van der Waals surface area contributed by atoms with Crippen LogP contribution in [0.1, 0.15) is 89.9 Å². The largest absolute Gasteiger partial charge is 0.497 e. The van der Waals surface area contributed by atoms with Gasteiger partial charge >= 0.3 is 29.8 Å². The fraction of sp³-hybridized carbons (Fsp3) is 0.192. The maximum Gasteiger partial charge on any atom is 0.343 e. The van der Waals surface area contributed by atoms with Crippen molar-refractivity contribution in [2.45, 2.75) is 48.5 Å². The minimum Gasteiger partial charge on any atom is -0.497 e. The number of hydrogen-bond donors (Lipinski definition) is 2. The number of carboxylic acids is 2. The van der Waals surface area contributed by atoms with Gasteiger partial charge in [-0.1, -0.05) is 60.7 Å². The summed E-state index contributed by atoms with van der Waals surface area (Å²) < 4.78 is 20.9. The minimum atomic E-state index is -0.987. The second kappa shape index (κ2) is 21.8. The molecule has 330 valence electrons. The number of rotatable bonds is 10. The molecule has 64 heavy (non-hydrogen) atoms. The van der Waals surface area contributed by atoms with E-state index in [4.69, 9.17) is 29.2 Å². The normalized spacial score (nSPS) is 10.7. The van der Waals surface area contributed by atoms with Gasteiger partial charge in [-0.2, -0.15) is 0 Å². The topological polar surface area (TPSA) is 180 Å². The first kappa shape index (κ1) is 48.8. The molecule has 0 aliphatic carbocycles. The molecule has 0 aromatic heterocycles. The fourth-order valence-corrected chi connectivity index (χ4v) is 5.27. The van der Waals surface area contributed by atoms with Gasteiger partial charge in [0, 0.05) is 5.56 Å². The van der Waals surface area contributed by atoms with Gasteiger partial charge in [0.05, 0.1) is 34.6 Å². The molecule has 12 nitrogen and oxygen atoms in total. The number of carbonyl (C=O) groups excluding carboxylic acids is 4. The average Bonchev–Trinajstić information content (AvgIpc) is 3.27. The monoisotopic (exact) mass is 866 g/mol. The van der Waals surface area contributed by atoms with Gasteiger partial charge in [-0.3, -0.25) is 14.4 Å². The van der Waals surface area contributed by atoms with Gasteiger partial charge in [0.2, 0.25) is 0 Å². The van der Waals surface area contributed by atoms with Crippen LogP contribution in [0.3, 0.4) is 0 Å². The van der Waals surface area contributed by atoms with Crippen LogP contribution in [0.2, 0.25) is 0 Å². The Hall–Kier alpha value is -7.86. The molecule has 6 rings (SSSR count). The second-order valence-corrected chi connectivity index (χ2v) is 16.3. The van der Waals surface area contributed by atoms with Crippen LogP contribution in [0, 0.1) is 10.8 Å². The predicted molar refractivity (Wildman–Crippen MR) is 242 cm³/mol. The highest BCUT2D eigenvalue weighted by Crippen LogP contribution is 2.26. The summed E-state index contributed by atoms with van der Waals surface area (Å²) in [5.74, 6) is -0.992. The summed E-state index contributed by atoms with van der Waals surface area (Å²) in [5.41, 5.74) is 3.73. The van der Waals surface area contributed by atoms with E-state index in [1.54, 1.807) is 158 Å². The highest BCUT2D eigenvalue weighted by molar-refractivity contribution is 5.95. The highest BCUT2D eigenvalue weighted by Gasteiger charge is 2.25. The molecule has 0 saturated carbocycles. The summed E-state index contributed by atoms with van der Waals surface area (Å²) in [6, 6.07) is 40.5. The van der Waals surface area contributed by atoms with Crippen LogP contribution in [0.15, 0.2) is 146 Å². The number of benzene rings is 6. The van der Waals surface area contributed by atoms with Gasteiger partial charge < -0.3 is 29.2 Å². The standard InChI is InChI=1S/C22H18O4.C16H22O4.C14H10O4/c1-15(23)16-6-8-17(9-7-16)18-4-3-5-19(14-18)22(24)26-21-12-10-20(25-2)11-13-21;1-15(2,3)13(17)19-11-7-9-12(10-8-11)20-14(18)16(4,5)6;15-13(16)10-6-4-9(5-7-10)11-2-1-3-12(8-11)14(17)18/h3-14H,1-2H3;7-10H,1-6H3;1-8H,(H,15,16)(H,17,18). The van der Waals surface area contributed by atoms with Crippen LogP contribution in [-0.2, 0) is 9.59 Å². The molecular weight excluding hydrogens is 817 g/mol. The Morgan fingerprint density at radius 2 is 0.766 bits per heavy atom. The SMILES string of the molecule is CC(C)(C)C(=O)Oc1ccc(OC(=O)C(C)(C)C)cc1.COc1ccc(OC(=O)c2cccc(-c3ccc(C(C)=O)cc3)c2)cc1.O=C(O)c1ccc(-c2cccc(C(=O)O)c2)cc1. The van der Waals surface area contributed by atoms with Gasteiger partial charge in [-0.25, -0.2) is 14.4 Å². The van der Waals surface area contributed by atoms with E-state index in [1.807, 2.05) is 18.2 Å². The molecule has 6 aromatic rings. The molecule has 2 N–H and O–H groups in total. The molecule has 0 heterocycles. The Kier molecular flexibility index (Phi) is 16.6. The van der Waals surface area contributed by atoms with Crippen LogP contribution in [-0.4, -0.2) is 53.0 Å². The zero-order valence-electron chi connectivity index (χ0n) is 36.8. The number of hydrogen-bond acceptors (Lipinski definition) is 10. The quantitative estimate of drug-likeness (QED) is 0.0757. The van der Waals surface area contributed by atoms with Crippen molar-refractivity contribution >= 4 is 35.6 Å². The lowest BCUT2D eigenvalue weighted by Crippen LogP contribution is -2.26. The van der Waals surface area contributed by atoms with Crippen molar-refractivity contribution in [2.24, 2.45) is 10.8 Å². The summed E-state index contributed by atoms with van der Waals surface area (Å²) in [7, 11) is 1.58. The maximum atomic E-state index is 12.4. The van der Waals surface area contributed by atoms with E-state index in [0.29, 0.717) is 34.1 Å². The van der Waals surface area contributed by atoms with Gasteiger partial charge in [-0.05, 0) is 156 Å². The van der Waals surface area contributed by atoms with Crippen molar-refractivity contribution < 1.29 is 57.9 Å². The lowest BCUT2D eigenvalue weighted by Gasteiger charge is -2.17. The number of carboxylic acid groups (broad SMARTS) is 2. The molecule has 0 atom stereocenters. The van der Waals surface area contributed by atoms with Crippen LogP contribution >= 0.6 is 0 Å². The number of aromatic carboxylic acids is 2. The fourth-order valence-electron chi connectivity index (χ4n) is 5.27. The molecule has 0 radical (unpaired) electrons. The Balaban J connectivity index is 0.000000215. The van der Waals surface area contributed by atoms with Gasteiger partial charge in [0.25, 0.3) is 0 Å². The molecule has 0 saturated heterocycles. The van der Waals surface area contributed by atoms with E-state index < -0.39 is 28.7 Å². The summed E-state index contributed by atoms with van der Waals surface area (Å²) in [5, 5.41) is 17.7. The molecule has 0 bridgehead atoms. The lowest BCUT2D eigenvalue weighted by molar-refractivity contribution is -0.144. The lowest BCUT2D eigenvalue weighted by atomic mass is 9.97. The predicted octanol–water partition coefficient (Wildman–Crippen LogP) is 11.1. The zero-order valence-corrected chi connectivity index (χ0v) is 36.8. The molecule has 0 aliphatic rings. The van der Waals surface area contributed by atoms with Crippen LogP contribution in [0.25, 0.3) is 22.3 Å².